The first-order chi connectivity index (χ1) is 10.7. The van der Waals surface area contributed by atoms with Crippen LogP contribution in [0.25, 0.3) is 0 Å². The summed E-state index contributed by atoms with van der Waals surface area (Å²) in [7, 11) is 0. The van der Waals surface area contributed by atoms with Crippen molar-refractivity contribution < 1.29 is 0 Å². The summed E-state index contributed by atoms with van der Waals surface area (Å²) in [4.78, 5) is 2.87. The molecule has 0 aromatic carbocycles. The molecule has 128 valence electrons. The number of nitrogens with zero attached hydrogens (tertiary/aromatic N) is 1. The SMILES string of the molecule is CCCC1(CCC)CCC2(CCN(C3CCNCC3)C2)CC1. The zero-order valence-electron chi connectivity index (χ0n) is 15.1. The lowest BCUT2D eigenvalue weighted by molar-refractivity contribution is 0.0588. The molecule has 3 rings (SSSR count). The van der Waals surface area contributed by atoms with Gasteiger partial charge in [-0.15, -0.1) is 0 Å². The zero-order valence-corrected chi connectivity index (χ0v) is 15.1. The van der Waals surface area contributed by atoms with Gasteiger partial charge in [-0.25, -0.2) is 0 Å². The largest absolute Gasteiger partial charge is 0.317 e. The third kappa shape index (κ3) is 3.53. The van der Waals surface area contributed by atoms with E-state index in [1.54, 1.807) is 0 Å². The van der Waals surface area contributed by atoms with E-state index < -0.39 is 0 Å². The lowest BCUT2D eigenvalue weighted by atomic mass is 9.60. The van der Waals surface area contributed by atoms with E-state index in [0.717, 1.165) is 11.5 Å². The van der Waals surface area contributed by atoms with Gasteiger partial charge in [-0.1, -0.05) is 26.7 Å². The summed E-state index contributed by atoms with van der Waals surface area (Å²) in [6, 6.07) is 0.888. The standard InChI is InChI=1S/C20H38N2/c1-3-7-19(8-4-2)9-11-20(12-10-19)13-16-22(17-20)18-5-14-21-15-6-18/h18,21H,3-17H2,1-2H3. The van der Waals surface area contributed by atoms with Crippen molar-refractivity contribution in [3.63, 3.8) is 0 Å². The van der Waals surface area contributed by atoms with Gasteiger partial charge in [0.15, 0.2) is 0 Å². The van der Waals surface area contributed by atoms with Crippen LogP contribution in [-0.4, -0.2) is 37.1 Å². The van der Waals surface area contributed by atoms with Gasteiger partial charge in [0.2, 0.25) is 0 Å². The highest BCUT2D eigenvalue weighted by Crippen LogP contribution is 2.53. The Morgan fingerprint density at radius 3 is 2.14 bits per heavy atom. The average molecular weight is 307 g/mol. The fourth-order valence-corrected chi connectivity index (χ4v) is 5.86. The van der Waals surface area contributed by atoms with Crippen molar-refractivity contribution in [1.82, 2.24) is 10.2 Å². The fraction of sp³-hybridized carbons (Fsp3) is 1.00. The molecule has 1 aliphatic carbocycles. The minimum absolute atomic E-state index is 0.704. The molecule has 0 unspecified atom stereocenters. The van der Waals surface area contributed by atoms with Gasteiger partial charge in [-0.3, -0.25) is 4.90 Å². The number of piperidine rings is 1. The minimum atomic E-state index is 0.704. The number of nitrogens with one attached hydrogen (secondary N) is 1. The van der Waals surface area contributed by atoms with E-state index in [1.807, 2.05) is 0 Å². The van der Waals surface area contributed by atoms with Crippen LogP contribution in [0.2, 0.25) is 0 Å². The highest BCUT2D eigenvalue weighted by Gasteiger charge is 2.46. The molecule has 0 aromatic rings. The van der Waals surface area contributed by atoms with Gasteiger partial charge in [0.25, 0.3) is 0 Å². The Morgan fingerprint density at radius 2 is 1.55 bits per heavy atom. The third-order valence-electron chi connectivity index (χ3n) is 7.22. The van der Waals surface area contributed by atoms with E-state index in [-0.39, 0.29) is 0 Å². The van der Waals surface area contributed by atoms with Crippen LogP contribution in [0.1, 0.15) is 84.5 Å². The molecule has 3 fully saturated rings. The van der Waals surface area contributed by atoms with Crippen molar-refractivity contribution in [2.45, 2.75) is 90.5 Å². The number of likely N-dealkylation sites (tertiary alicyclic amines) is 1. The van der Waals surface area contributed by atoms with Crippen LogP contribution >= 0.6 is 0 Å². The minimum Gasteiger partial charge on any atom is -0.317 e. The molecule has 1 N–H and O–H groups in total. The Morgan fingerprint density at radius 1 is 0.909 bits per heavy atom. The second-order valence-corrected chi connectivity index (χ2v) is 8.70. The maximum Gasteiger partial charge on any atom is 0.0120 e. The number of rotatable bonds is 5. The van der Waals surface area contributed by atoms with Crippen molar-refractivity contribution in [2.75, 3.05) is 26.2 Å². The molecule has 2 nitrogen and oxygen atoms in total. The van der Waals surface area contributed by atoms with Gasteiger partial charge in [0.05, 0.1) is 0 Å². The summed E-state index contributed by atoms with van der Waals surface area (Å²) < 4.78 is 0. The van der Waals surface area contributed by atoms with Gasteiger partial charge < -0.3 is 5.32 Å². The van der Waals surface area contributed by atoms with Crippen molar-refractivity contribution in [3.05, 3.63) is 0 Å². The predicted octanol–water partition coefficient (Wildman–Crippen LogP) is 4.59. The Labute approximate surface area is 138 Å². The molecular weight excluding hydrogens is 268 g/mol. The first kappa shape index (κ1) is 16.8. The van der Waals surface area contributed by atoms with Crippen LogP contribution < -0.4 is 5.32 Å². The van der Waals surface area contributed by atoms with Crippen LogP contribution in [0.15, 0.2) is 0 Å². The monoisotopic (exact) mass is 306 g/mol. The lowest BCUT2D eigenvalue weighted by Crippen LogP contribution is -2.43. The fourth-order valence-electron chi connectivity index (χ4n) is 5.86. The van der Waals surface area contributed by atoms with Gasteiger partial charge in [0, 0.05) is 12.6 Å². The van der Waals surface area contributed by atoms with Crippen LogP contribution in [0.5, 0.6) is 0 Å². The number of hydrogen-bond acceptors (Lipinski definition) is 2. The van der Waals surface area contributed by atoms with E-state index in [2.05, 4.69) is 24.1 Å². The molecule has 1 spiro atoms. The Bertz CT molecular complexity index is 330. The highest BCUT2D eigenvalue weighted by atomic mass is 15.2. The normalized spacial score (nSPS) is 29.2. The van der Waals surface area contributed by atoms with E-state index in [9.17, 15) is 0 Å². The summed E-state index contributed by atoms with van der Waals surface area (Å²) >= 11 is 0. The molecule has 0 amide bonds. The van der Waals surface area contributed by atoms with Crippen LogP contribution in [0.3, 0.4) is 0 Å². The molecule has 0 atom stereocenters. The third-order valence-corrected chi connectivity index (χ3v) is 7.22. The van der Waals surface area contributed by atoms with Crippen LogP contribution in [0, 0.1) is 10.8 Å². The molecule has 0 bridgehead atoms. The zero-order chi connectivity index (χ0) is 15.5. The lowest BCUT2D eigenvalue weighted by Gasteiger charge is -2.46. The summed E-state index contributed by atoms with van der Waals surface area (Å²) in [6.07, 6.45) is 16.1. The molecule has 2 aliphatic heterocycles. The summed E-state index contributed by atoms with van der Waals surface area (Å²) in [5.74, 6) is 0. The van der Waals surface area contributed by atoms with Crippen LogP contribution in [0.4, 0.5) is 0 Å². The Kier molecular flexibility index (Phi) is 5.50. The second kappa shape index (κ2) is 7.21. The van der Waals surface area contributed by atoms with Gasteiger partial charge in [0.1, 0.15) is 0 Å². The van der Waals surface area contributed by atoms with E-state index in [1.165, 1.54) is 96.8 Å². The molecule has 0 aromatic heterocycles. The first-order valence-electron chi connectivity index (χ1n) is 10.2. The van der Waals surface area contributed by atoms with Gasteiger partial charge in [-0.05, 0) is 88.3 Å². The maximum atomic E-state index is 3.52. The van der Waals surface area contributed by atoms with Crippen LogP contribution in [-0.2, 0) is 0 Å². The van der Waals surface area contributed by atoms with Crippen molar-refractivity contribution in [1.29, 1.82) is 0 Å². The summed E-state index contributed by atoms with van der Waals surface area (Å²) in [6.45, 7) is 10.1. The molecule has 22 heavy (non-hydrogen) atoms. The first-order valence-corrected chi connectivity index (χ1v) is 10.2. The van der Waals surface area contributed by atoms with Crippen molar-refractivity contribution in [2.24, 2.45) is 10.8 Å². The highest BCUT2D eigenvalue weighted by molar-refractivity contribution is 4.99. The molecule has 0 radical (unpaired) electrons. The van der Waals surface area contributed by atoms with Crippen molar-refractivity contribution in [3.8, 4) is 0 Å². The average Bonchev–Trinajstić information content (AvgIpc) is 2.97. The quantitative estimate of drug-likeness (QED) is 0.799. The molecule has 1 saturated carbocycles. The van der Waals surface area contributed by atoms with Gasteiger partial charge >= 0.3 is 0 Å². The van der Waals surface area contributed by atoms with E-state index >= 15 is 0 Å². The van der Waals surface area contributed by atoms with Crippen molar-refractivity contribution >= 4 is 0 Å². The van der Waals surface area contributed by atoms with E-state index in [0.29, 0.717) is 5.41 Å². The van der Waals surface area contributed by atoms with Gasteiger partial charge in [-0.2, -0.15) is 0 Å². The second-order valence-electron chi connectivity index (χ2n) is 8.70. The number of hydrogen-bond donors (Lipinski definition) is 1. The maximum absolute atomic E-state index is 3.52. The Balaban J connectivity index is 1.56. The molecule has 2 heteroatoms. The molecule has 2 heterocycles. The summed E-state index contributed by atoms with van der Waals surface area (Å²) in [5.41, 5.74) is 1.42. The Hall–Kier alpha value is -0.0800. The van der Waals surface area contributed by atoms with E-state index in [4.69, 9.17) is 0 Å². The smallest absolute Gasteiger partial charge is 0.0120 e. The summed E-state index contributed by atoms with van der Waals surface area (Å²) in [5, 5.41) is 3.52. The molecular formula is C20H38N2. The molecule has 3 aliphatic rings. The predicted molar refractivity (Wildman–Crippen MR) is 95.2 cm³/mol. The molecule has 2 saturated heterocycles. The topological polar surface area (TPSA) is 15.3 Å².